The molecule has 1 N–H and O–H groups in total. The van der Waals surface area contributed by atoms with Gasteiger partial charge in [-0.2, -0.15) is 0 Å². The van der Waals surface area contributed by atoms with Gasteiger partial charge in [-0.3, -0.25) is 19.6 Å². The van der Waals surface area contributed by atoms with Gasteiger partial charge in [-0.05, 0) is 60.0 Å². The molecule has 2 aromatic heterocycles. The standard InChI is InChI=1S/C24H21N3O4/c1-15-12-18(31-2)5-6-19(15)22(28)20-21(17-7-10-25-11-8-17)27(24(30)23(20)29)14-16-4-3-9-26-13-16/h3-13,21,28H,14H2,1-2H3/b22-20+/t21-/m1/s1. The second-order valence-corrected chi connectivity index (χ2v) is 7.25. The average molecular weight is 415 g/mol. The summed E-state index contributed by atoms with van der Waals surface area (Å²) in [4.78, 5) is 35.7. The van der Waals surface area contributed by atoms with E-state index < -0.39 is 17.7 Å². The van der Waals surface area contributed by atoms with Crippen molar-refractivity contribution in [3.8, 4) is 5.75 Å². The van der Waals surface area contributed by atoms with E-state index in [9.17, 15) is 14.7 Å². The van der Waals surface area contributed by atoms with Gasteiger partial charge >= 0.3 is 0 Å². The first kappa shape index (κ1) is 20.3. The highest BCUT2D eigenvalue weighted by atomic mass is 16.5. The number of amides is 1. The van der Waals surface area contributed by atoms with Crippen LogP contribution < -0.4 is 4.74 Å². The number of likely N-dealkylation sites (tertiary alicyclic amines) is 1. The third kappa shape index (κ3) is 3.77. The van der Waals surface area contributed by atoms with Crippen LogP contribution in [0, 0.1) is 6.92 Å². The van der Waals surface area contributed by atoms with Crippen LogP contribution in [0.4, 0.5) is 0 Å². The topological polar surface area (TPSA) is 92.6 Å². The smallest absolute Gasteiger partial charge is 0.295 e. The Morgan fingerprint density at radius 2 is 1.87 bits per heavy atom. The van der Waals surface area contributed by atoms with Crippen molar-refractivity contribution in [1.29, 1.82) is 0 Å². The zero-order valence-electron chi connectivity index (χ0n) is 17.1. The van der Waals surface area contributed by atoms with Gasteiger partial charge < -0.3 is 14.7 Å². The zero-order chi connectivity index (χ0) is 22.0. The molecule has 3 aromatic rings. The lowest BCUT2D eigenvalue weighted by Crippen LogP contribution is -2.29. The Labute approximate surface area is 179 Å². The Balaban J connectivity index is 1.86. The number of hydrogen-bond acceptors (Lipinski definition) is 6. The van der Waals surface area contributed by atoms with Gasteiger partial charge in [-0.25, -0.2) is 0 Å². The molecule has 0 aliphatic carbocycles. The van der Waals surface area contributed by atoms with Crippen molar-refractivity contribution in [2.24, 2.45) is 0 Å². The molecule has 0 unspecified atom stereocenters. The average Bonchev–Trinajstić information content (AvgIpc) is 3.04. The fourth-order valence-electron chi connectivity index (χ4n) is 3.80. The minimum Gasteiger partial charge on any atom is -0.507 e. The molecule has 0 saturated carbocycles. The van der Waals surface area contributed by atoms with Crippen molar-refractivity contribution in [1.82, 2.24) is 14.9 Å². The van der Waals surface area contributed by atoms with Gasteiger partial charge in [-0.1, -0.05) is 6.07 Å². The quantitative estimate of drug-likeness (QED) is 0.390. The summed E-state index contributed by atoms with van der Waals surface area (Å²) < 4.78 is 5.23. The first-order valence-electron chi connectivity index (χ1n) is 9.73. The first-order valence-corrected chi connectivity index (χ1v) is 9.73. The van der Waals surface area contributed by atoms with Gasteiger partial charge in [0, 0.05) is 36.9 Å². The van der Waals surface area contributed by atoms with Gasteiger partial charge in [0.15, 0.2) is 0 Å². The van der Waals surface area contributed by atoms with Gasteiger partial charge in [-0.15, -0.1) is 0 Å². The fraction of sp³-hybridized carbons (Fsp3) is 0.167. The van der Waals surface area contributed by atoms with Crippen molar-refractivity contribution < 1.29 is 19.4 Å². The molecule has 0 radical (unpaired) electrons. The first-order chi connectivity index (χ1) is 15.0. The second-order valence-electron chi connectivity index (χ2n) is 7.25. The van der Waals surface area contributed by atoms with Crippen LogP contribution in [-0.4, -0.2) is 38.8 Å². The minimum atomic E-state index is -0.746. The number of ether oxygens (including phenoxy) is 1. The molecule has 31 heavy (non-hydrogen) atoms. The van der Waals surface area contributed by atoms with Crippen LogP contribution in [0.1, 0.15) is 28.3 Å². The van der Waals surface area contributed by atoms with Crippen LogP contribution >= 0.6 is 0 Å². The van der Waals surface area contributed by atoms with E-state index in [0.29, 0.717) is 16.9 Å². The molecule has 1 fully saturated rings. The van der Waals surface area contributed by atoms with Crippen molar-refractivity contribution in [2.75, 3.05) is 7.11 Å². The Morgan fingerprint density at radius 1 is 1.10 bits per heavy atom. The number of aromatic nitrogens is 2. The van der Waals surface area contributed by atoms with Gasteiger partial charge in [0.1, 0.15) is 11.5 Å². The summed E-state index contributed by atoms with van der Waals surface area (Å²) >= 11 is 0. The number of benzene rings is 1. The van der Waals surface area contributed by atoms with Crippen molar-refractivity contribution in [3.63, 3.8) is 0 Å². The number of rotatable bonds is 5. The Kier molecular flexibility index (Phi) is 5.49. The van der Waals surface area contributed by atoms with E-state index in [0.717, 1.165) is 11.1 Å². The van der Waals surface area contributed by atoms with Crippen LogP contribution in [0.5, 0.6) is 5.75 Å². The predicted molar refractivity (Wildman–Crippen MR) is 114 cm³/mol. The number of hydrogen-bond donors (Lipinski definition) is 1. The Hall–Kier alpha value is -4.00. The highest BCUT2D eigenvalue weighted by Crippen LogP contribution is 2.40. The summed E-state index contributed by atoms with van der Waals surface area (Å²) in [5, 5.41) is 11.2. The predicted octanol–water partition coefficient (Wildman–Crippen LogP) is 3.42. The van der Waals surface area contributed by atoms with Crippen molar-refractivity contribution >= 4 is 17.4 Å². The van der Waals surface area contributed by atoms with Crippen molar-refractivity contribution in [3.05, 3.63) is 95.1 Å². The van der Waals surface area contributed by atoms with Gasteiger partial charge in [0.25, 0.3) is 11.7 Å². The van der Waals surface area contributed by atoms with Crippen LogP contribution in [-0.2, 0) is 16.1 Å². The van der Waals surface area contributed by atoms with Crippen LogP contribution in [0.3, 0.4) is 0 Å². The third-order valence-corrected chi connectivity index (χ3v) is 5.33. The molecule has 1 amide bonds. The molecule has 7 heteroatoms. The highest BCUT2D eigenvalue weighted by molar-refractivity contribution is 6.46. The third-order valence-electron chi connectivity index (χ3n) is 5.33. The molecule has 1 saturated heterocycles. The summed E-state index contributed by atoms with van der Waals surface area (Å²) in [7, 11) is 1.56. The second kappa shape index (κ2) is 8.39. The van der Waals surface area contributed by atoms with Crippen LogP contribution in [0.25, 0.3) is 5.76 Å². The lowest BCUT2D eigenvalue weighted by atomic mass is 9.94. The van der Waals surface area contributed by atoms with Crippen LogP contribution in [0.2, 0.25) is 0 Å². The zero-order valence-corrected chi connectivity index (χ0v) is 17.1. The van der Waals surface area contributed by atoms with E-state index in [-0.39, 0.29) is 17.9 Å². The molecule has 1 aliphatic rings. The summed E-state index contributed by atoms with van der Waals surface area (Å²) in [6.07, 6.45) is 6.48. The molecular formula is C24H21N3O4. The molecule has 1 aromatic carbocycles. The number of aryl methyl sites for hydroxylation is 1. The number of ketones is 1. The number of aliphatic hydroxyl groups is 1. The maximum Gasteiger partial charge on any atom is 0.295 e. The minimum absolute atomic E-state index is 0.0494. The number of nitrogens with zero attached hydrogens (tertiary/aromatic N) is 3. The number of Topliss-reactive ketones (excluding diaryl/α,β-unsaturated/α-hetero) is 1. The van der Waals surface area contributed by atoms with E-state index in [1.54, 1.807) is 68.3 Å². The molecule has 1 aliphatic heterocycles. The number of methoxy groups -OCH3 is 1. The summed E-state index contributed by atoms with van der Waals surface area (Å²) in [5.41, 5.74) is 2.71. The normalized spacial score (nSPS) is 17.7. The summed E-state index contributed by atoms with van der Waals surface area (Å²) in [6, 6.07) is 11.5. The Morgan fingerprint density at radius 3 is 2.52 bits per heavy atom. The van der Waals surface area contributed by atoms with E-state index in [1.165, 1.54) is 4.90 Å². The maximum atomic E-state index is 13.1. The van der Waals surface area contributed by atoms with Gasteiger partial charge in [0.2, 0.25) is 0 Å². The number of carbonyl (C=O) groups excluding carboxylic acids is 2. The molecule has 0 bridgehead atoms. The van der Waals surface area contributed by atoms with Crippen molar-refractivity contribution in [2.45, 2.75) is 19.5 Å². The summed E-state index contributed by atoms with van der Waals surface area (Å²) in [6.45, 7) is 1.99. The van der Waals surface area contributed by atoms with E-state index >= 15 is 0 Å². The lowest BCUT2D eigenvalue weighted by molar-refractivity contribution is -0.140. The summed E-state index contributed by atoms with van der Waals surface area (Å²) in [5.74, 6) is -0.970. The van der Waals surface area contributed by atoms with Gasteiger partial charge in [0.05, 0.1) is 18.7 Å². The number of pyridine rings is 2. The molecule has 3 heterocycles. The number of aliphatic hydroxyl groups excluding tert-OH is 1. The Bertz CT molecular complexity index is 1160. The largest absolute Gasteiger partial charge is 0.507 e. The van der Waals surface area contributed by atoms with E-state index in [4.69, 9.17) is 4.74 Å². The molecule has 156 valence electrons. The lowest BCUT2D eigenvalue weighted by Gasteiger charge is -2.25. The van der Waals surface area contributed by atoms with E-state index in [1.807, 2.05) is 13.0 Å². The molecule has 1 atom stereocenters. The SMILES string of the molecule is COc1ccc(/C(O)=C2\C(=O)C(=O)N(Cc3cccnc3)[C@@H]2c2ccncc2)c(C)c1. The number of carbonyl (C=O) groups is 2. The highest BCUT2D eigenvalue weighted by Gasteiger charge is 2.46. The molecule has 0 spiro atoms. The molecular weight excluding hydrogens is 394 g/mol. The fourth-order valence-corrected chi connectivity index (χ4v) is 3.80. The monoisotopic (exact) mass is 415 g/mol. The molecule has 7 nitrogen and oxygen atoms in total. The maximum absolute atomic E-state index is 13.1. The molecule has 4 rings (SSSR count). The van der Waals surface area contributed by atoms with Crippen LogP contribution in [0.15, 0.2) is 72.8 Å². The van der Waals surface area contributed by atoms with E-state index in [2.05, 4.69) is 9.97 Å².